The third-order valence-electron chi connectivity index (χ3n) is 3.45. The van der Waals surface area contributed by atoms with Gasteiger partial charge in [0, 0.05) is 10.0 Å². The number of rotatable bonds is 2. The summed E-state index contributed by atoms with van der Waals surface area (Å²) in [4.78, 5) is 0. The fourth-order valence-electron chi connectivity index (χ4n) is 2.36. The Bertz CT molecular complexity index is 433. The third-order valence-corrected chi connectivity index (χ3v) is 4.16. The van der Waals surface area contributed by atoms with Crippen molar-refractivity contribution in [3.05, 3.63) is 27.7 Å². The maximum Gasteiger partial charge on any atom is 0.416 e. The number of aromatic hydroxyl groups is 1. The van der Waals surface area contributed by atoms with E-state index in [4.69, 9.17) is 0 Å². The summed E-state index contributed by atoms with van der Waals surface area (Å²) in [6.07, 6.45) is -1.88. The monoisotopic (exact) mass is 337 g/mol. The number of alkyl halides is 3. The first-order valence-electron chi connectivity index (χ1n) is 6.17. The van der Waals surface area contributed by atoms with Crippen LogP contribution in [-0.2, 0) is 12.6 Å². The van der Waals surface area contributed by atoms with Gasteiger partial charge in [-0.1, -0.05) is 15.9 Å². The summed E-state index contributed by atoms with van der Waals surface area (Å²) in [7, 11) is 0. The molecule has 0 amide bonds. The maximum absolute atomic E-state index is 12.6. The Morgan fingerprint density at radius 3 is 2.42 bits per heavy atom. The van der Waals surface area contributed by atoms with E-state index in [1.54, 1.807) is 0 Å². The standard InChI is InChI=1S/C13H15BrF3NO/c14-11-6-9(13(15,16)17)7-12(19)10(11)5-8-1-3-18-4-2-8/h6-8,18-19H,1-5H2. The molecule has 2 N–H and O–H groups in total. The molecule has 106 valence electrons. The molecule has 1 aromatic carbocycles. The highest BCUT2D eigenvalue weighted by atomic mass is 79.9. The summed E-state index contributed by atoms with van der Waals surface area (Å²) in [5.74, 6) is 0.125. The highest BCUT2D eigenvalue weighted by molar-refractivity contribution is 9.10. The minimum Gasteiger partial charge on any atom is -0.508 e. The van der Waals surface area contributed by atoms with Gasteiger partial charge in [0.25, 0.3) is 0 Å². The van der Waals surface area contributed by atoms with E-state index in [0.717, 1.165) is 38.1 Å². The van der Waals surface area contributed by atoms with Gasteiger partial charge in [0.1, 0.15) is 5.75 Å². The van der Waals surface area contributed by atoms with Crippen molar-refractivity contribution in [2.75, 3.05) is 13.1 Å². The lowest BCUT2D eigenvalue weighted by atomic mass is 9.90. The van der Waals surface area contributed by atoms with Gasteiger partial charge in [-0.25, -0.2) is 0 Å². The van der Waals surface area contributed by atoms with E-state index in [1.807, 2.05) is 0 Å². The predicted molar refractivity (Wildman–Crippen MR) is 70.1 cm³/mol. The highest BCUT2D eigenvalue weighted by Gasteiger charge is 2.32. The number of benzene rings is 1. The number of piperidine rings is 1. The SMILES string of the molecule is Oc1cc(C(F)(F)F)cc(Br)c1CC1CCNCC1. The second-order valence-electron chi connectivity index (χ2n) is 4.85. The number of hydrogen-bond donors (Lipinski definition) is 2. The molecule has 1 fully saturated rings. The fourth-order valence-corrected chi connectivity index (χ4v) is 2.97. The summed E-state index contributed by atoms with van der Waals surface area (Å²) in [5, 5.41) is 13.1. The molecule has 2 rings (SSSR count). The molecule has 0 bridgehead atoms. The van der Waals surface area contributed by atoms with E-state index in [0.29, 0.717) is 22.4 Å². The first kappa shape index (κ1) is 14.7. The number of halogens is 4. The Hall–Kier alpha value is -0.750. The number of phenols is 1. The molecular weight excluding hydrogens is 323 g/mol. The molecular formula is C13H15BrF3NO. The molecule has 1 heterocycles. The molecule has 6 heteroatoms. The van der Waals surface area contributed by atoms with Gasteiger partial charge in [-0.05, 0) is 50.4 Å². The smallest absolute Gasteiger partial charge is 0.416 e. The average Bonchev–Trinajstić information content (AvgIpc) is 2.33. The van der Waals surface area contributed by atoms with Gasteiger partial charge in [0.15, 0.2) is 0 Å². The van der Waals surface area contributed by atoms with Gasteiger partial charge in [0.2, 0.25) is 0 Å². The van der Waals surface area contributed by atoms with Crippen LogP contribution in [0.5, 0.6) is 5.75 Å². The molecule has 1 aliphatic rings. The van der Waals surface area contributed by atoms with Crippen LogP contribution in [0.4, 0.5) is 13.2 Å². The summed E-state index contributed by atoms with van der Waals surface area (Å²) in [6, 6.07) is 1.84. The van der Waals surface area contributed by atoms with Crippen LogP contribution in [0.15, 0.2) is 16.6 Å². The van der Waals surface area contributed by atoms with Gasteiger partial charge in [0.05, 0.1) is 5.56 Å². The zero-order valence-corrected chi connectivity index (χ0v) is 11.8. The van der Waals surface area contributed by atoms with E-state index < -0.39 is 11.7 Å². The van der Waals surface area contributed by atoms with E-state index in [2.05, 4.69) is 21.2 Å². The van der Waals surface area contributed by atoms with Crippen LogP contribution in [0.3, 0.4) is 0 Å². The van der Waals surface area contributed by atoms with Crippen LogP contribution in [0.1, 0.15) is 24.0 Å². The second kappa shape index (κ2) is 5.71. The van der Waals surface area contributed by atoms with Crippen LogP contribution in [-0.4, -0.2) is 18.2 Å². The van der Waals surface area contributed by atoms with E-state index >= 15 is 0 Å². The molecule has 0 radical (unpaired) electrons. The fraction of sp³-hybridized carbons (Fsp3) is 0.538. The topological polar surface area (TPSA) is 32.3 Å². The lowest BCUT2D eigenvalue weighted by Crippen LogP contribution is -2.28. The van der Waals surface area contributed by atoms with Crippen LogP contribution >= 0.6 is 15.9 Å². The van der Waals surface area contributed by atoms with Crippen LogP contribution < -0.4 is 5.32 Å². The van der Waals surface area contributed by atoms with Gasteiger partial charge in [-0.2, -0.15) is 13.2 Å². The Morgan fingerprint density at radius 1 is 1.26 bits per heavy atom. The van der Waals surface area contributed by atoms with Crippen molar-refractivity contribution in [2.24, 2.45) is 5.92 Å². The molecule has 0 aliphatic carbocycles. The second-order valence-corrected chi connectivity index (χ2v) is 5.71. The van der Waals surface area contributed by atoms with Crippen molar-refractivity contribution in [3.8, 4) is 5.75 Å². The lowest BCUT2D eigenvalue weighted by Gasteiger charge is -2.23. The van der Waals surface area contributed by atoms with Crippen LogP contribution in [0, 0.1) is 5.92 Å². The van der Waals surface area contributed by atoms with Crippen molar-refractivity contribution in [2.45, 2.75) is 25.4 Å². The molecule has 0 atom stereocenters. The minimum atomic E-state index is -4.44. The van der Waals surface area contributed by atoms with Gasteiger partial charge in [-0.3, -0.25) is 0 Å². The molecule has 0 saturated carbocycles. The zero-order valence-electron chi connectivity index (χ0n) is 10.2. The van der Waals surface area contributed by atoms with Crippen molar-refractivity contribution >= 4 is 15.9 Å². The van der Waals surface area contributed by atoms with Crippen molar-refractivity contribution in [1.82, 2.24) is 5.32 Å². The summed E-state index contributed by atoms with van der Waals surface area (Å²) >= 11 is 3.14. The number of hydrogen-bond acceptors (Lipinski definition) is 2. The quantitative estimate of drug-likeness (QED) is 0.862. The Labute approximate surface area is 118 Å². The van der Waals surface area contributed by atoms with Crippen LogP contribution in [0.25, 0.3) is 0 Å². The lowest BCUT2D eigenvalue weighted by molar-refractivity contribution is -0.137. The summed E-state index contributed by atoms with van der Waals surface area (Å²) < 4.78 is 38.1. The Morgan fingerprint density at radius 2 is 1.89 bits per heavy atom. The Balaban J connectivity index is 2.21. The van der Waals surface area contributed by atoms with Gasteiger partial charge < -0.3 is 10.4 Å². The highest BCUT2D eigenvalue weighted by Crippen LogP contribution is 2.38. The summed E-state index contributed by atoms with van der Waals surface area (Å²) in [6.45, 7) is 1.84. The number of phenolic OH excluding ortho intramolecular Hbond substituents is 1. The van der Waals surface area contributed by atoms with Gasteiger partial charge >= 0.3 is 6.18 Å². The van der Waals surface area contributed by atoms with E-state index in [-0.39, 0.29) is 5.75 Å². The normalized spacial score (nSPS) is 17.7. The van der Waals surface area contributed by atoms with Gasteiger partial charge in [-0.15, -0.1) is 0 Å². The molecule has 1 saturated heterocycles. The van der Waals surface area contributed by atoms with E-state index in [9.17, 15) is 18.3 Å². The molecule has 0 spiro atoms. The Kier molecular flexibility index (Phi) is 4.40. The first-order valence-corrected chi connectivity index (χ1v) is 6.96. The minimum absolute atomic E-state index is 0.278. The molecule has 1 aromatic rings. The zero-order chi connectivity index (χ0) is 14.0. The number of nitrogens with one attached hydrogen (secondary N) is 1. The third kappa shape index (κ3) is 3.63. The molecule has 0 unspecified atom stereocenters. The van der Waals surface area contributed by atoms with E-state index in [1.165, 1.54) is 0 Å². The largest absolute Gasteiger partial charge is 0.508 e. The van der Waals surface area contributed by atoms with Crippen molar-refractivity contribution in [1.29, 1.82) is 0 Å². The van der Waals surface area contributed by atoms with Crippen molar-refractivity contribution < 1.29 is 18.3 Å². The first-order chi connectivity index (χ1) is 8.88. The molecule has 1 aliphatic heterocycles. The molecule has 2 nitrogen and oxygen atoms in total. The predicted octanol–water partition coefficient (Wildman–Crippen LogP) is 3.72. The summed E-state index contributed by atoms with van der Waals surface area (Å²) in [5.41, 5.74) is -0.258. The molecule has 19 heavy (non-hydrogen) atoms. The average molecular weight is 338 g/mol. The molecule has 0 aromatic heterocycles. The maximum atomic E-state index is 12.6. The van der Waals surface area contributed by atoms with Crippen LogP contribution in [0.2, 0.25) is 0 Å². The van der Waals surface area contributed by atoms with Crippen molar-refractivity contribution in [3.63, 3.8) is 0 Å².